The Morgan fingerprint density at radius 3 is 2.83 bits per heavy atom. The van der Waals surface area contributed by atoms with E-state index in [-0.39, 0.29) is 17.5 Å². The number of benzene rings is 1. The molecule has 122 valence electrons. The third kappa shape index (κ3) is 3.00. The van der Waals surface area contributed by atoms with Crippen molar-refractivity contribution in [2.75, 3.05) is 10.6 Å². The number of carbonyl (C=O) groups excluding carboxylic acids is 2. The molecule has 1 aliphatic carbocycles. The number of fused-ring (bicyclic) bond motifs is 1. The van der Waals surface area contributed by atoms with Gasteiger partial charge in [0.2, 0.25) is 5.91 Å². The lowest BCUT2D eigenvalue weighted by Gasteiger charge is -2.02. The summed E-state index contributed by atoms with van der Waals surface area (Å²) < 4.78 is 6.21. The average molecular weight is 342 g/mol. The van der Waals surface area contributed by atoms with Gasteiger partial charge in [0.05, 0.1) is 10.2 Å². The molecule has 1 saturated carbocycles. The molecule has 2 aromatic heterocycles. The number of rotatable bonds is 4. The van der Waals surface area contributed by atoms with E-state index in [1.54, 1.807) is 12.1 Å². The summed E-state index contributed by atoms with van der Waals surface area (Å²) in [6.07, 6.45) is 3.53. The summed E-state index contributed by atoms with van der Waals surface area (Å²) in [5.41, 5.74) is 1.68. The van der Waals surface area contributed by atoms with E-state index in [2.05, 4.69) is 20.6 Å². The molecule has 0 spiro atoms. The van der Waals surface area contributed by atoms with Crippen LogP contribution in [0, 0.1) is 0 Å². The van der Waals surface area contributed by atoms with Gasteiger partial charge in [0.1, 0.15) is 6.26 Å². The molecular weight excluding hydrogens is 328 g/mol. The lowest BCUT2D eigenvalue weighted by Crippen LogP contribution is -2.12. The first kappa shape index (κ1) is 14.8. The Kier molecular flexibility index (Phi) is 3.53. The normalized spacial score (nSPS) is 13.9. The van der Waals surface area contributed by atoms with Crippen LogP contribution in [0.3, 0.4) is 0 Å². The molecule has 0 unspecified atom stereocenters. The first-order chi connectivity index (χ1) is 11.6. The van der Waals surface area contributed by atoms with Gasteiger partial charge in [-0.1, -0.05) is 11.3 Å². The van der Waals surface area contributed by atoms with Crippen molar-refractivity contribution in [3.63, 3.8) is 0 Å². The molecular formula is C16H14N4O3S. The van der Waals surface area contributed by atoms with Crippen LogP contribution in [0.2, 0.25) is 0 Å². The van der Waals surface area contributed by atoms with Crippen LogP contribution in [-0.4, -0.2) is 21.8 Å². The molecule has 1 aromatic carbocycles. The predicted octanol–water partition coefficient (Wildman–Crippen LogP) is 3.37. The standard InChI is InChI=1S/C16H14N4O3S/c1-8(21)17-16-20-11-5-4-10(6-13(11)24-16)18-14(22)12-7-23-15(19-12)9-2-3-9/h4-7,9H,2-3H2,1H3,(H,18,22)(H,17,20,21). The van der Waals surface area contributed by atoms with Crippen molar-refractivity contribution in [3.8, 4) is 0 Å². The minimum absolute atomic E-state index is 0.167. The van der Waals surface area contributed by atoms with Crippen LogP contribution in [0.5, 0.6) is 0 Å². The molecule has 24 heavy (non-hydrogen) atoms. The highest BCUT2D eigenvalue weighted by Crippen LogP contribution is 2.39. The van der Waals surface area contributed by atoms with Gasteiger partial charge in [-0.15, -0.1) is 0 Å². The molecule has 2 N–H and O–H groups in total. The van der Waals surface area contributed by atoms with E-state index in [0.717, 1.165) is 23.1 Å². The average Bonchev–Trinajstić information content (AvgIpc) is 3.12. The Balaban J connectivity index is 1.52. The van der Waals surface area contributed by atoms with Crippen molar-refractivity contribution in [3.05, 3.63) is 36.0 Å². The third-order valence-corrected chi connectivity index (χ3v) is 4.54. The molecule has 0 atom stereocenters. The van der Waals surface area contributed by atoms with Crippen LogP contribution in [0.25, 0.3) is 10.2 Å². The summed E-state index contributed by atoms with van der Waals surface area (Å²) in [6.45, 7) is 1.44. The van der Waals surface area contributed by atoms with Crippen molar-refractivity contribution < 1.29 is 14.0 Å². The van der Waals surface area contributed by atoms with Crippen LogP contribution in [0.1, 0.15) is 42.1 Å². The smallest absolute Gasteiger partial charge is 0.277 e. The summed E-state index contributed by atoms with van der Waals surface area (Å²) in [6, 6.07) is 5.38. The fourth-order valence-corrected chi connectivity index (χ4v) is 3.26. The third-order valence-electron chi connectivity index (χ3n) is 3.61. The van der Waals surface area contributed by atoms with Gasteiger partial charge >= 0.3 is 0 Å². The fourth-order valence-electron chi connectivity index (χ4n) is 2.31. The van der Waals surface area contributed by atoms with Gasteiger partial charge in [0.15, 0.2) is 16.7 Å². The van der Waals surface area contributed by atoms with Gasteiger partial charge in [0.25, 0.3) is 5.91 Å². The zero-order chi connectivity index (χ0) is 16.7. The quantitative estimate of drug-likeness (QED) is 0.757. The Bertz CT molecular complexity index is 942. The molecule has 2 amide bonds. The van der Waals surface area contributed by atoms with Crippen LogP contribution in [0.15, 0.2) is 28.9 Å². The first-order valence-corrected chi connectivity index (χ1v) is 8.35. The minimum Gasteiger partial charge on any atom is -0.448 e. The molecule has 1 aliphatic rings. The molecule has 8 heteroatoms. The summed E-state index contributed by atoms with van der Waals surface area (Å²) in [4.78, 5) is 31.9. The fraction of sp³-hybridized carbons (Fsp3) is 0.250. The Labute approximate surface area is 141 Å². The van der Waals surface area contributed by atoms with Crippen LogP contribution in [0.4, 0.5) is 10.8 Å². The lowest BCUT2D eigenvalue weighted by atomic mass is 10.3. The van der Waals surface area contributed by atoms with Crippen molar-refractivity contribution in [2.45, 2.75) is 25.7 Å². The molecule has 0 aliphatic heterocycles. The number of anilines is 2. The SMILES string of the molecule is CC(=O)Nc1nc2ccc(NC(=O)c3coc(C4CC4)n3)cc2s1. The van der Waals surface area contributed by atoms with E-state index < -0.39 is 0 Å². The monoisotopic (exact) mass is 342 g/mol. The Hall–Kier alpha value is -2.74. The number of aromatic nitrogens is 2. The number of carbonyl (C=O) groups is 2. The van der Waals surface area contributed by atoms with Gasteiger partial charge in [-0.25, -0.2) is 9.97 Å². The Morgan fingerprint density at radius 2 is 2.08 bits per heavy atom. The second-order valence-electron chi connectivity index (χ2n) is 5.68. The highest BCUT2D eigenvalue weighted by molar-refractivity contribution is 7.22. The zero-order valence-corrected chi connectivity index (χ0v) is 13.6. The van der Waals surface area contributed by atoms with E-state index in [4.69, 9.17) is 4.42 Å². The molecule has 0 bridgehead atoms. The van der Waals surface area contributed by atoms with Gasteiger partial charge < -0.3 is 15.1 Å². The number of thiazole rings is 1. The maximum atomic E-state index is 12.3. The van der Waals surface area contributed by atoms with Crippen molar-refractivity contribution in [1.29, 1.82) is 0 Å². The van der Waals surface area contributed by atoms with Crippen molar-refractivity contribution >= 4 is 44.2 Å². The first-order valence-electron chi connectivity index (χ1n) is 7.53. The molecule has 0 saturated heterocycles. The van der Waals surface area contributed by atoms with E-state index >= 15 is 0 Å². The molecule has 0 radical (unpaired) electrons. The van der Waals surface area contributed by atoms with Gasteiger partial charge in [-0.3, -0.25) is 9.59 Å². The number of oxazole rings is 1. The number of hydrogen-bond acceptors (Lipinski definition) is 6. The van der Waals surface area contributed by atoms with Gasteiger partial charge in [0, 0.05) is 18.5 Å². The van der Waals surface area contributed by atoms with E-state index in [0.29, 0.717) is 22.6 Å². The van der Waals surface area contributed by atoms with E-state index in [1.165, 1.54) is 24.5 Å². The van der Waals surface area contributed by atoms with Gasteiger partial charge in [-0.05, 0) is 31.0 Å². The summed E-state index contributed by atoms with van der Waals surface area (Å²) >= 11 is 1.35. The molecule has 1 fully saturated rings. The van der Waals surface area contributed by atoms with Crippen LogP contribution >= 0.6 is 11.3 Å². The van der Waals surface area contributed by atoms with E-state index in [9.17, 15) is 9.59 Å². The highest BCUT2D eigenvalue weighted by atomic mass is 32.1. The Morgan fingerprint density at radius 1 is 1.25 bits per heavy atom. The van der Waals surface area contributed by atoms with Crippen molar-refractivity contribution in [2.24, 2.45) is 0 Å². The summed E-state index contributed by atoms with van der Waals surface area (Å²) in [5.74, 6) is 0.530. The van der Waals surface area contributed by atoms with Gasteiger partial charge in [-0.2, -0.15) is 0 Å². The number of nitrogens with one attached hydrogen (secondary N) is 2. The topological polar surface area (TPSA) is 97.1 Å². The molecule has 7 nitrogen and oxygen atoms in total. The molecule has 3 aromatic rings. The summed E-state index contributed by atoms with van der Waals surface area (Å²) in [5, 5.41) is 6.00. The maximum Gasteiger partial charge on any atom is 0.277 e. The van der Waals surface area contributed by atoms with Crippen LogP contribution < -0.4 is 10.6 Å². The maximum absolute atomic E-state index is 12.3. The predicted molar refractivity (Wildman–Crippen MR) is 90.4 cm³/mol. The second-order valence-corrected chi connectivity index (χ2v) is 6.71. The number of hydrogen-bond donors (Lipinski definition) is 2. The van der Waals surface area contributed by atoms with Crippen LogP contribution in [-0.2, 0) is 4.79 Å². The second kappa shape index (κ2) is 5.72. The molecule has 4 rings (SSSR count). The number of nitrogens with zero attached hydrogens (tertiary/aromatic N) is 2. The zero-order valence-electron chi connectivity index (χ0n) is 12.8. The summed E-state index contributed by atoms with van der Waals surface area (Å²) in [7, 11) is 0. The number of amides is 2. The van der Waals surface area contributed by atoms with E-state index in [1.807, 2.05) is 6.07 Å². The highest BCUT2D eigenvalue weighted by Gasteiger charge is 2.29. The minimum atomic E-state index is -0.309. The molecule has 2 heterocycles. The lowest BCUT2D eigenvalue weighted by molar-refractivity contribution is -0.114. The van der Waals surface area contributed by atoms with Crippen molar-refractivity contribution in [1.82, 2.24) is 9.97 Å². The largest absolute Gasteiger partial charge is 0.448 e.